The first kappa shape index (κ1) is 16.7. The number of benzene rings is 1. The lowest BCUT2D eigenvalue weighted by atomic mass is 10.1. The van der Waals surface area contributed by atoms with Crippen molar-refractivity contribution in [1.29, 1.82) is 0 Å². The van der Waals surface area contributed by atoms with E-state index in [0.717, 1.165) is 25.1 Å². The summed E-state index contributed by atoms with van der Waals surface area (Å²) in [6.07, 6.45) is 1.76. The van der Waals surface area contributed by atoms with E-state index < -0.39 is 0 Å². The van der Waals surface area contributed by atoms with Crippen molar-refractivity contribution in [2.24, 2.45) is 0 Å². The smallest absolute Gasteiger partial charge is 0.271 e. The molecule has 6 heteroatoms. The summed E-state index contributed by atoms with van der Waals surface area (Å²) in [5, 5.41) is 13.9. The Hall–Kier alpha value is -2.63. The van der Waals surface area contributed by atoms with Crippen molar-refractivity contribution in [2.75, 3.05) is 25.5 Å². The van der Waals surface area contributed by atoms with Gasteiger partial charge in [-0.2, -0.15) is 0 Å². The van der Waals surface area contributed by atoms with E-state index in [1.807, 2.05) is 31.2 Å². The lowest BCUT2D eigenvalue weighted by molar-refractivity contribution is 0.0947. The van der Waals surface area contributed by atoms with E-state index in [1.54, 1.807) is 19.2 Å². The molecule has 0 fully saturated rings. The van der Waals surface area contributed by atoms with Crippen LogP contribution < -0.4 is 15.4 Å². The molecule has 1 amide bonds. The Balaban J connectivity index is 1.80. The third-order valence-electron chi connectivity index (χ3n) is 3.31. The number of anilines is 1. The molecule has 0 aliphatic carbocycles. The number of aromatic nitrogens is 2. The van der Waals surface area contributed by atoms with Crippen LogP contribution in [0, 0.1) is 0 Å². The number of amides is 1. The van der Waals surface area contributed by atoms with Crippen molar-refractivity contribution in [1.82, 2.24) is 15.5 Å². The summed E-state index contributed by atoms with van der Waals surface area (Å²) in [5.41, 5.74) is 1.54. The number of hydrogen-bond donors (Lipinski definition) is 2. The molecule has 0 aliphatic rings. The molecule has 0 atom stereocenters. The van der Waals surface area contributed by atoms with Crippen molar-refractivity contribution in [2.45, 2.75) is 19.8 Å². The van der Waals surface area contributed by atoms with E-state index in [0.29, 0.717) is 18.1 Å². The molecule has 0 saturated heterocycles. The van der Waals surface area contributed by atoms with E-state index in [2.05, 4.69) is 20.8 Å². The third-order valence-corrected chi connectivity index (χ3v) is 3.31. The highest BCUT2D eigenvalue weighted by Gasteiger charge is 2.06. The lowest BCUT2D eigenvalue weighted by Gasteiger charge is -2.07. The largest absolute Gasteiger partial charge is 0.497 e. The van der Waals surface area contributed by atoms with Gasteiger partial charge in [0.05, 0.1) is 7.11 Å². The molecular weight excluding hydrogens is 292 g/mol. The monoisotopic (exact) mass is 314 g/mol. The molecule has 0 spiro atoms. The van der Waals surface area contributed by atoms with Gasteiger partial charge >= 0.3 is 0 Å². The van der Waals surface area contributed by atoms with Gasteiger partial charge in [0.1, 0.15) is 11.6 Å². The van der Waals surface area contributed by atoms with Gasteiger partial charge in [0.2, 0.25) is 0 Å². The van der Waals surface area contributed by atoms with Crippen LogP contribution in [0.25, 0.3) is 0 Å². The molecule has 1 aromatic carbocycles. The van der Waals surface area contributed by atoms with Crippen LogP contribution in [-0.4, -0.2) is 36.3 Å². The summed E-state index contributed by atoms with van der Waals surface area (Å²) in [7, 11) is 1.65. The highest BCUT2D eigenvalue weighted by molar-refractivity contribution is 5.92. The number of ether oxygens (including phenoxy) is 1. The summed E-state index contributed by atoms with van der Waals surface area (Å²) in [5.74, 6) is 1.32. The Bertz CT molecular complexity index is 611. The van der Waals surface area contributed by atoms with Gasteiger partial charge in [0, 0.05) is 13.1 Å². The molecule has 0 aliphatic heterocycles. The van der Waals surface area contributed by atoms with E-state index in [9.17, 15) is 4.79 Å². The second kappa shape index (κ2) is 8.73. The van der Waals surface area contributed by atoms with Gasteiger partial charge < -0.3 is 15.4 Å². The maximum absolute atomic E-state index is 11.7. The van der Waals surface area contributed by atoms with E-state index >= 15 is 0 Å². The number of nitrogens with one attached hydrogen (secondary N) is 2. The molecule has 0 bridgehead atoms. The fourth-order valence-corrected chi connectivity index (χ4v) is 2.00. The second-order valence-corrected chi connectivity index (χ2v) is 5.08. The van der Waals surface area contributed by atoms with Crippen LogP contribution in [0.1, 0.15) is 29.4 Å². The maximum Gasteiger partial charge on any atom is 0.271 e. The SMILES string of the molecule is CCCNC(=O)c1ccc(NCCc2ccc(OC)cc2)nn1. The van der Waals surface area contributed by atoms with Crippen LogP contribution in [0.15, 0.2) is 36.4 Å². The van der Waals surface area contributed by atoms with Crippen LogP contribution in [0.3, 0.4) is 0 Å². The van der Waals surface area contributed by atoms with Crippen molar-refractivity contribution >= 4 is 11.7 Å². The standard InChI is InChI=1S/C17H22N4O2/c1-3-11-19-17(22)15-8-9-16(21-20-15)18-12-10-13-4-6-14(23-2)7-5-13/h4-9H,3,10-12H2,1-2H3,(H,18,21)(H,19,22). The molecule has 122 valence electrons. The minimum absolute atomic E-state index is 0.191. The van der Waals surface area contributed by atoms with Crippen LogP contribution >= 0.6 is 0 Å². The first-order chi connectivity index (χ1) is 11.2. The molecule has 23 heavy (non-hydrogen) atoms. The van der Waals surface area contributed by atoms with Crippen molar-refractivity contribution in [3.8, 4) is 5.75 Å². The van der Waals surface area contributed by atoms with Crippen molar-refractivity contribution in [3.63, 3.8) is 0 Å². The molecule has 1 aromatic heterocycles. The molecule has 0 radical (unpaired) electrons. The Kier molecular flexibility index (Phi) is 6.35. The minimum atomic E-state index is -0.191. The number of hydrogen-bond acceptors (Lipinski definition) is 5. The summed E-state index contributed by atoms with van der Waals surface area (Å²) in [4.78, 5) is 11.7. The second-order valence-electron chi connectivity index (χ2n) is 5.08. The summed E-state index contributed by atoms with van der Waals surface area (Å²) in [6, 6.07) is 11.4. The van der Waals surface area contributed by atoms with Crippen LogP contribution in [-0.2, 0) is 6.42 Å². The Morgan fingerprint density at radius 2 is 1.87 bits per heavy atom. The van der Waals surface area contributed by atoms with Crippen molar-refractivity contribution < 1.29 is 9.53 Å². The predicted molar refractivity (Wildman–Crippen MR) is 89.8 cm³/mol. The van der Waals surface area contributed by atoms with E-state index in [4.69, 9.17) is 4.74 Å². The van der Waals surface area contributed by atoms with Crippen LogP contribution in [0.2, 0.25) is 0 Å². The molecular formula is C17H22N4O2. The average Bonchev–Trinajstić information content (AvgIpc) is 2.61. The Morgan fingerprint density at radius 3 is 2.48 bits per heavy atom. The molecule has 2 N–H and O–H groups in total. The number of methoxy groups -OCH3 is 1. The minimum Gasteiger partial charge on any atom is -0.497 e. The highest BCUT2D eigenvalue weighted by atomic mass is 16.5. The normalized spacial score (nSPS) is 10.2. The molecule has 2 rings (SSSR count). The highest BCUT2D eigenvalue weighted by Crippen LogP contribution is 2.11. The maximum atomic E-state index is 11.7. The van der Waals surface area contributed by atoms with Gasteiger partial charge in [-0.3, -0.25) is 4.79 Å². The van der Waals surface area contributed by atoms with E-state index in [1.165, 1.54) is 5.56 Å². The quantitative estimate of drug-likeness (QED) is 0.782. The predicted octanol–water partition coefficient (Wildman–Crippen LogP) is 2.28. The fourth-order valence-electron chi connectivity index (χ4n) is 2.00. The first-order valence-corrected chi connectivity index (χ1v) is 7.71. The van der Waals surface area contributed by atoms with E-state index in [-0.39, 0.29) is 5.91 Å². The average molecular weight is 314 g/mol. The van der Waals surface area contributed by atoms with Gasteiger partial charge in [-0.15, -0.1) is 10.2 Å². The fraction of sp³-hybridized carbons (Fsp3) is 0.353. The van der Waals surface area contributed by atoms with Gasteiger partial charge in [0.25, 0.3) is 5.91 Å². The zero-order chi connectivity index (χ0) is 16.5. The zero-order valence-electron chi connectivity index (χ0n) is 13.5. The van der Waals surface area contributed by atoms with Crippen LogP contribution in [0.4, 0.5) is 5.82 Å². The number of nitrogens with zero attached hydrogens (tertiary/aromatic N) is 2. The Morgan fingerprint density at radius 1 is 1.09 bits per heavy atom. The number of rotatable bonds is 8. The summed E-state index contributed by atoms with van der Waals surface area (Å²) < 4.78 is 5.13. The van der Waals surface area contributed by atoms with Crippen LogP contribution in [0.5, 0.6) is 5.75 Å². The molecule has 6 nitrogen and oxygen atoms in total. The molecule has 0 saturated carbocycles. The van der Waals surface area contributed by atoms with Gasteiger partial charge in [-0.1, -0.05) is 19.1 Å². The number of carbonyl (C=O) groups is 1. The molecule has 1 heterocycles. The first-order valence-electron chi connectivity index (χ1n) is 7.71. The molecule has 2 aromatic rings. The van der Waals surface area contributed by atoms with Gasteiger partial charge in [0.15, 0.2) is 5.69 Å². The lowest BCUT2D eigenvalue weighted by Crippen LogP contribution is -2.25. The van der Waals surface area contributed by atoms with Gasteiger partial charge in [-0.05, 0) is 42.7 Å². The van der Waals surface area contributed by atoms with Gasteiger partial charge in [-0.25, -0.2) is 0 Å². The summed E-state index contributed by atoms with van der Waals surface area (Å²) >= 11 is 0. The topological polar surface area (TPSA) is 76.1 Å². The number of carbonyl (C=O) groups excluding carboxylic acids is 1. The Labute approximate surface area is 136 Å². The van der Waals surface area contributed by atoms with Crippen molar-refractivity contribution in [3.05, 3.63) is 47.7 Å². The molecule has 0 unspecified atom stereocenters. The zero-order valence-corrected chi connectivity index (χ0v) is 13.5. The summed E-state index contributed by atoms with van der Waals surface area (Å²) in [6.45, 7) is 3.38. The third kappa shape index (κ3) is 5.25.